The lowest BCUT2D eigenvalue weighted by molar-refractivity contribution is -0.154. The molecule has 0 fully saturated rings. The zero-order valence-corrected chi connectivity index (χ0v) is 12.5. The lowest BCUT2D eigenvalue weighted by Gasteiger charge is -2.33. The average Bonchev–Trinajstić information content (AvgIpc) is 2.48. The normalized spacial score (nSPS) is 15.2. The SMILES string of the molecule is CC[C@](NCc1ccc(OC)cc1)(C(=O)OC)[C@@H](C)O. The molecule has 0 unspecified atom stereocenters. The number of hydrogen-bond donors (Lipinski definition) is 2. The summed E-state index contributed by atoms with van der Waals surface area (Å²) in [5, 5.41) is 13.1. The third-order valence-corrected chi connectivity index (χ3v) is 3.59. The highest BCUT2D eigenvalue weighted by atomic mass is 16.5. The molecule has 2 atom stereocenters. The van der Waals surface area contributed by atoms with Gasteiger partial charge in [-0.3, -0.25) is 5.32 Å². The van der Waals surface area contributed by atoms with E-state index in [-0.39, 0.29) is 0 Å². The van der Waals surface area contributed by atoms with Gasteiger partial charge in [-0.2, -0.15) is 0 Å². The standard InChI is InChI=1S/C15H23NO4/c1-5-15(11(2)17,14(18)20-4)16-10-12-6-8-13(19-3)9-7-12/h6-9,11,16-17H,5,10H2,1-4H3/t11-,15-/m1/s1. The maximum Gasteiger partial charge on any atom is 0.328 e. The summed E-state index contributed by atoms with van der Waals surface area (Å²) >= 11 is 0. The van der Waals surface area contributed by atoms with Crippen LogP contribution < -0.4 is 10.1 Å². The van der Waals surface area contributed by atoms with Gasteiger partial charge in [0.1, 0.15) is 11.3 Å². The van der Waals surface area contributed by atoms with E-state index in [0.717, 1.165) is 11.3 Å². The number of carbonyl (C=O) groups excluding carboxylic acids is 1. The van der Waals surface area contributed by atoms with Gasteiger partial charge >= 0.3 is 5.97 Å². The summed E-state index contributed by atoms with van der Waals surface area (Å²) < 4.78 is 9.91. The molecule has 0 aliphatic carbocycles. The maximum absolute atomic E-state index is 12.0. The number of benzene rings is 1. The second kappa shape index (κ2) is 7.26. The van der Waals surface area contributed by atoms with Crippen molar-refractivity contribution >= 4 is 5.97 Å². The highest BCUT2D eigenvalue weighted by Gasteiger charge is 2.42. The molecular weight excluding hydrogens is 258 g/mol. The smallest absolute Gasteiger partial charge is 0.328 e. The molecule has 0 aliphatic heterocycles. The van der Waals surface area contributed by atoms with E-state index in [4.69, 9.17) is 9.47 Å². The summed E-state index contributed by atoms with van der Waals surface area (Å²) in [6.07, 6.45) is -0.411. The number of nitrogens with one attached hydrogen (secondary N) is 1. The summed E-state index contributed by atoms with van der Waals surface area (Å²) in [6.45, 7) is 3.88. The zero-order chi connectivity index (χ0) is 15.2. The molecule has 20 heavy (non-hydrogen) atoms. The minimum absolute atomic E-state index is 0.438. The fourth-order valence-corrected chi connectivity index (χ4v) is 2.14. The van der Waals surface area contributed by atoms with Crippen LogP contribution in [0.15, 0.2) is 24.3 Å². The van der Waals surface area contributed by atoms with Crippen molar-refractivity contribution in [1.29, 1.82) is 0 Å². The Morgan fingerprint density at radius 2 is 1.95 bits per heavy atom. The van der Waals surface area contributed by atoms with Crippen molar-refractivity contribution in [3.05, 3.63) is 29.8 Å². The van der Waals surface area contributed by atoms with Gasteiger partial charge in [0.05, 0.1) is 20.3 Å². The van der Waals surface area contributed by atoms with E-state index >= 15 is 0 Å². The quantitative estimate of drug-likeness (QED) is 0.741. The van der Waals surface area contributed by atoms with Crippen molar-refractivity contribution < 1.29 is 19.4 Å². The molecule has 0 heterocycles. The molecule has 2 N–H and O–H groups in total. The Morgan fingerprint density at radius 3 is 2.35 bits per heavy atom. The molecule has 0 spiro atoms. The van der Waals surface area contributed by atoms with Crippen molar-refractivity contribution in [2.75, 3.05) is 14.2 Å². The summed E-state index contributed by atoms with van der Waals surface area (Å²) in [7, 11) is 2.93. The maximum atomic E-state index is 12.0. The van der Waals surface area contributed by atoms with Gasteiger partial charge in [-0.15, -0.1) is 0 Å². The van der Waals surface area contributed by atoms with Crippen LogP contribution in [0.2, 0.25) is 0 Å². The third-order valence-electron chi connectivity index (χ3n) is 3.59. The highest BCUT2D eigenvalue weighted by molar-refractivity contribution is 5.81. The summed E-state index contributed by atoms with van der Waals surface area (Å²) in [5.41, 5.74) is -0.0949. The van der Waals surface area contributed by atoms with Crippen molar-refractivity contribution in [2.45, 2.75) is 38.5 Å². The molecule has 5 heteroatoms. The van der Waals surface area contributed by atoms with E-state index in [1.165, 1.54) is 7.11 Å². The predicted octanol–water partition coefficient (Wildman–Crippen LogP) is 1.49. The Hall–Kier alpha value is -1.59. The Balaban J connectivity index is 2.82. The van der Waals surface area contributed by atoms with E-state index in [0.29, 0.717) is 13.0 Å². The number of methoxy groups -OCH3 is 2. The Labute approximate surface area is 119 Å². The first kappa shape index (κ1) is 16.5. The molecule has 0 bridgehead atoms. The third kappa shape index (κ3) is 3.49. The number of carbonyl (C=O) groups is 1. The Bertz CT molecular complexity index is 430. The van der Waals surface area contributed by atoms with Gasteiger partial charge in [-0.05, 0) is 31.0 Å². The molecule has 0 saturated heterocycles. The molecule has 0 aliphatic rings. The summed E-state index contributed by atoms with van der Waals surface area (Å²) in [6, 6.07) is 7.52. The van der Waals surface area contributed by atoms with Crippen LogP contribution in [0.1, 0.15) is 25.8 Å². The number of aliphatic hydroxyl groups excluding tert-OH is 1. The molecule has 0 aromatic heterocycles. The predicted molar refractivity (Wildman–Crippen MR) is 76.6 cm³/mol. The Morgan fingerprint density at radius 1 is 1.35 bits per heavy atom. The van der Waals surface area contributed by atoms with E-state index in [1.807, 2.05) is 31.2 Å². The van der Waals surface area contributed by atoms with Crippen LogP contribution in [-0.4, -0.2) is 36.9 Å². The van der Waals surface area contributed by atoms with Crippen molar-refractivity contribution in [2.24, 2.45) is 0 Å². The first-order valence-corrected chi connectivity index (χ1v) is 6.64. The average molecular weight is 281 g/mol. The fraction of sp³-hybridized carbons (Fsp3) is 0.533. The summed E-state index contributed by atoms with van der Waals surface area (Å²) in [5.74, 6) is 0.322. The fourth-order valence-electron chi connectivity index (χ4n) is 2.14. The molecule has 0 saturated carbocycles. The van der Waals surface area contributed by atoms with Crippen LogP contribution in [0.3, 0.4) is 0 Å². The number of ether oxygens (including phenoxy) is 2. The van der Waals surface area contributed by atoms with Crippen LogP contribution >= 0.6 is 0 Å². The van der Waals surface area contributed by atoms with Gasteiger partial charge < -0.3 is 14.6 Å². The van der Waals surface area contributed by atoms with E-state index < -0.39 is 17.6 Å². The largest absolute Gasteiger partial charge is 0.497 e. The number of aliphatic hydroxyl groups is 1. The number of hydrogen-bond acceptors (Lipinski definition) is 5. The molecule has 0 radical (unpaired) electrons. The lowest BCUT2D eigenvalue weighted by atomic mass is 9.89. The number of rotatable bonds is 7. The van der Waals surface area contributed by atoms with Crippen LogP contribution in [-0.2, 0) is 16.1 Å². The van der Waals surface area contributed by atoms with Crippen LogP contribution in [0.25, 0.3) is 0 Å². The lowest BCUT2D eigenvalue weighted by Crippen LogP contribution is -2.59. The molecule has 1 aromatic rings. The van der Waals surface area contributed by atoms with Gasteiger partial charge in [0, 0.05) is 6.54 Å². The Kier molecular flexibility index (Phi) is 5.98. The van der Waals surface area contributed by atoms with Crippen LogP contribution in [0, 0.1) is 0 Å². The van der Waals surface area contributed by atoms with E-state index in [1.54, 1.807) is 14.0 Å². The monoisotopic (exact) mass is 281 g/mol. The van der Waals surface area contributed by atoms with Crippen molar-refractivity contribution in [3.8, 4) is 5.75 Å². The first-order valence-electron chi connectivity index (χ1n) is 6.64. The van der Waals surface area contributed by atoms with E-state index in [9.17, 15) is 9.90 Å². The second-order valence-corrected chi connectivity index (χ2v) is 4.69. The molecule has 0 amide bonds. The summed E-state index contributed by atoms with van der Waals surface area (Å²) in [4.78, 5) is 12.0. The van der Waals surface area contributed by atoms with Gasteiger partial charge in [-0.25, -0.2) is 4.79 Å². The highest BCUT2D eigenvalue weighted by Crippen LogP contribution is 2.19. The van der Waals surface area contributed by atoms with Gasteiger partial charge in [-0.1, -0.05) is 19.1 Å². The molecule has 5 nitrogen and oxygen atoms in total. The van der Waals surface area contributed by atoms with Crippen LogP contribution in [0.4, 0.5) is 0 Å². The number of esters is 1. The van der Waals surface area contributed by atoms with Gasteiger partial charge in [0.2, 0.25) is 0 Å². The van der Waals surface area contributed by atoms with Crippen LogP contribution in [0.5, 0.6) is 5.75 Å². The molecule has 1 rings (SSSR count). The second-order valence-electron chi connectivity index (χ2n) is 4.69. The van der Waals surface area contributed by atoms with Crippen molar-refractivity contribution in [1.82, 2.24) is 5.32 Å². The molecular formula is C15H23NO4. The minimum atomic E-state index is -1.09. The van der Waals surface area contributed by atoms with Gasteiger partial charge in [0.25, 0.3) is 0 Å². The topological polar surface area (TPSA) is 67.8 Å². The first-order chi connectivity index (χ1) is 9.50. The molecule has 112 valence electrons. The van der Waals surface area contributed by atoms with Gasteiger partial charge in [0.15, 0.2) is 0 Å². The zero-order valence-electron chi connectivity index (χ0n) is 12.5. The molecule has 1 aromatic carbocycles. The minimum Gasteiger partial charge on any atom is -0.497 e. The van der Waals surface area contributed by atoms with Crippen molar-refractivity contribution in [3.63, 3.8) is 0 Å². The van der Waals surface area contributed by atoms with E-state index in [2.05, 4.69) is 5.32 Å².